The largest absolute Gasteiger partial charge is 0.508 e. The maximum atomic E-state index is 9.15. The summed E-state index contributed by atoms with van der Waals surface area (Å²) >= 11 is 0. The molecule has 16 heavy (non-hydrogen) atoms. The second-order valence-electron chi connectivity index (χ2n) is 3.75. The topological polar surface area (TPSA) is 46.3 Å². The van der Waals surface area contributed by atoms with E-state index in [1.54, 1.807) is 18.4 Å². The summed E-state index contributed by atoms with van der Waals surface area (Å²) < 4.78 is 5.34. The summed E-state index contributed by atoms with van der Waals surface area (Å²) in [6.45, 7) is 2.06. The van der Waals surface area contributed by atoms with Gasteiger partial charge in [-0.2, -0.15) is 0 Å². The molecule has 0 saturated heterocycles. The summed E-state index contributed by atoms with van der Waals surface area (Å²) in [4.78, 5) is 4.35. The Balaban J connectivity index is 1.94. The Morgan fingerprint density at radius 2 is 1.94 bits per heavy atom. The van der Waals surface area contributed by atoms with Crippen LogP contribution in [0.3, 0.4) is 0 Å². The molecule has 2 aromatic rings. The number of hydrogen-bond donors (Lipinski definition) is 1. The Morgan fingerprint density at radius 3 is 2.56 bits per heavy atom. The van der Waals surface area contributed by atoms with Crippen molar-refractivity contribution in [2.45, 2.75) is 26.2 Å². The minimum absolute atomic E-state index is 0.299. The fourth-order valence-corrected chi connectivity index (χ4v) is 1.54. The highest BCUT2D eigenvalue weighted by Crippen LogP contribution is 2.12. The van der Waals surface area contributed by atoms with Gasteiger partial charge in [-0.25, -0.2) is 4.98 Å². The van der Waals surface area contributed by atoms with Gasteiger partial charge in [0.15, 0.2) is 5.89 Å². The molecule has 1 N–H and O–H groups in total. The van der Waals surface area contributed by atoms with Crippen molar-refractivity contribution < 1.29 is 9.52 Å². The lowest BCUT2D eigenvalue weighted by molar-refractivity contribution is 0.475. The second-order valence-corrected chi connectivity index (χ2v) is 3.75. The molecule has 3 heteroatoms. The van der Waals surface area contributed by atoms with Gasteiger partial charge in [-0.1, -0.05) is 19.1 Å². The van der Waals surface area contributed by atoms with E-state index in [2.05, 4.69) is 11.9 Å². The van der Waals surface area contributed by atoms with Crippen LogP contribution in [-0.2, 0) is 19.3 Å². The standard InChI is InChI=1S/C13H15NO2/c1-2-11-9-16-13(14-11)8-5-10-3-6-12(15)7-4-10/h3-4,6-7,9,15H,2,5,8H2,1H3. The van der Waals surface area contributed by atoms with Crippen LogP contribution in [0.1, 0.15) is 24.1 Å². The third kappa shape index (κ3) is 2.63. The summed E-state index contributed by atoms with van der Waals surface area (Å²) in [6.07, 6.45) is 4.30. The van der Waals surface area contributed by atoms with Crippen LogP contribution in [-0.4, -0.2) is 10.1 Å². The molecule has 0 spiro atoms. The minimum Gasteiger partial charge on any atom is -0.508 e. The molecule has 3 nitrogen and oxygen atoms in total. The van der Waals surface area contributed by atoms with Crippen LogP contribution in [0.2, 0.25) is 0 Å². The van der Waals surface area contributed by atoms with Crippen molar-refractivity contribution in [3.05, 3.63) is 47.7 Å². The van der Waals surface area contributed by atoms with Gasteiger partial charge in [-0.15, -0.1) is 0 Å². The first-order valence-corrected chi connectivity index (χ1v) is 5.49. The lowest BCUT2D eigenvalue weighted by atomic mass is 10.1. The van der Waals surface area contributed by atoms with Gasteiger partial charge in [0, 0.05) is 6.42 Å². The van der Waals surface area contributed by atoms with Gasteiger partial charge < -0.3 is 9.52 Å². The van der Waals surface area contributed by atoms with E-state index in [0.29, 0.717) is 5.75 Å². The zero-order chi connectivity index (χ0) is 11.4. The van der Waals surface area contributed by atoms with E-state index in [1.807, 2.05) is 12.1 Å². The third-order valence-electron chi connectivity index (χ3n) is 2.53. The lowest BCUT2D eigenvalue weighted by Crippen LogP contribution is -1.91. The predicted molar refractivity (Wildman–Crippen MR) is 61.4 cm³/mol. The van der Waals surface area contributed by atoms with Crippen LogP contribution < -0.4 is 0 Å². The minimum atomic E-state index is 0.299. The fraction of sp³-hybridized carbons (Fsp3) is 0.308. The maximum Gasteiger partial charge on any atom is 0.194 e. The molecule has 0 bridgehead atoms. The molecule has 1 heterocycles. The maximum absolute atomic E-state index is 9.15. The molecule has 0 aliphatic heterocycles. The average molecular weight is 217 g/mol. The number of hydrogen-bond acceptors (Lipinski definition) is 3. The molecule has 84 valence electrons. The highest BCUT2D eigenvalue weighted by molar-refractivity contribution is 5.26. The number of rotatable bonds is 4. The molecule has 2 rings (SSSR count). The molecule has 1 aromatic carbocycles. The van der Waals surface area contributed by atoms with E-state index < -0.39 is 0 Å². The van der Waals surface area contributed by atoms with Crippen LogP contribution in [0.15, 0.2) is 34.9 Å². The zero-order valence-corrected chi connectivity index (χ0v) is 9.31. The van der Waals surface area contributed by atoms with E-state index in [4.69, 9.17) is 9.52 Å². The van der Waals surface area contributed by atoms with Crippen molar-refractivity contribution >= 4 is 0 Å². The highest BCUT2D eigenvalue weighted by atomic mass is 16.3. The third-order valence-corrected chi connectivity index (χ3v) is 2.53. The Kier molecular flexibility index (Phi) is 3.25. The van der Waals surface area contributed by atoms with Crippen molar-refractivity contribution in [1.82, 2.24) is 4.98 Å². The summed E-state index contributed by atoms with van der Waals surface area (Å²) in [7, 11) is 0. The molecule has 1 aromatic heterocycles. The molecule has 0 radical (unpaired) electrons. The molecule has 0 amide bonds. The number of phenolic OH excluding ortho intramolecular Hbond substituents is 1. The van der Waals surface area contributed by atoms with Crippen molar-refractivity contribution in [1.29, 1.82) is 0 Å². The van der Waals surface area contributed by atoms with Gasteiger partial charge in [-0.05, 0) is 30.5 Å². The molecule has 0 aliphatic carbocycles. The summed E-state index contributed by atoms with van der Waals surface area (Å²) in [5.74, 6) is 1.08. The molecular weight excluding hydrogens is 202 g/mol. The predicted octanol–water partition coefficient (Wildman–Crippen LogP) is 2.73. The first kappa shape index (κ1) is 10.7. The number of aryl methyl sites for hydroxylation is 3. The number of benzene rings is 1. The average Bonchev–Trinajstić information content (AvgIpc) is 2.76. The molecule has 0 atom stereocenters. The Morgan fingerprint density at radius 1 is 1.19 bits per heavy atom. The molecule has 0 fully saturated rings. The second kappa shape index (κ2) is 4.84. The van der Waals surface area contributed by atoms with Crippen LogP contribution in [0, 0.1) is 0 Å². The fourth-order valence-electron chi connectivity index (χ4n) is 1.54. The summed E-state index contributed by atoms with van der Waals surface area (Å²) in [6, 6.07) is 7.22. The quantitative estimate of drug-likeness (QED) is 0.856. The number of aromatic nitrogens is 1. The van der Waals surface area contributed by atoms with Gasteiger partial charge in [0.25, 0.3) is 0 Å². The van der Waals surface area contributed by atoms with Crippen molar-refractivity contribution in [3.63, 3.8) is 0 Å². The van der Waals surface area contributed by atoms with Gasteiger partial charge in [0.05, 0.1) is 5.69 Å². The van der Waals surface area contributed by atoms with E-state index >= 15 is 0 Å². The van der Waals surface area contributed by atoms with Crippen molar-refractivity contribution in [2.24, 2.45) is 0 Å². The van der Waals surface area contributed by atoms with Crippen LogP contribution >= 0.6 is 0 Å². The first-order valence-electron chi connectivity index (χ1n) is 5.49. The van der Waals surface area contributed by atoms with Gasteiger partial charge in [0.1, 0.15) is 12.0 Å². The zero-order valence-electron chi connectivity index (χ0n) is 9.31. The smallest absolute Gasteiger partial charge is 0.194 e. The van der Waals surface area contributed by atoms with Crippen LogP contribution in [0.5, 0.6) is 5.75 Å². The Labute approximate surface area is 94.8 Å². The molecule has 0 aliphatic rings. The normalized spacial score (nSPS) is 10.6. The summed E-state index contributed by atoms with van der Waals surface area (Å²) in [5, 5.41) is 9.15. The number of oxazole rings is 1. The number of nitrogens with zero attached hydrogens (tertiary/aromatic N) is 1. The van der Waals surface area contributed by atoms with E-state index in [9.17, 15) is 0 Å². The number of phenols is 1. The van der Waals surface area contributed by atoms with Crippen molar-refractivity contribution in [3.8, 4) is 5.75 Å². The van der Waals surface area contributed by atoms with Gasteiger partial charge >= 0.3 is 0 Å². The molecule has 0 saturated carbocycles. The van der Waals surface area contributed by atoms with Crippen molar-refractivity contribution in [2.75, 3.05) is 0 Å². The lowest BCUT2D eigenvalue weighted by Gasteiger charge is -1.98. The van der Waals surface area contributed by atoms with E-state index in [1.165, 1.54) is 5.56 Å². The monoisotopic (exact) mass is 217 g/mol. The van der Waals surface area contributed by atoms with E-state index in [-0.39, 0.29) is 0 Å². The van der Waals surface area contributed by atoms with Crippen LogP contribution in [0.4, 0.5) is 0 Å². The SMILES string of the molecule is CCc1coc(CCc2ccc(O)cc2)n1. The Hall–Kier alpha value is -1.77. The van der Waals surface area contributed by atoms with Gasteiger partial charge in [0.2, 0.25) is 0 Å². The van der Waals surface area contributed by atoms with E-state index in [0.717, 1.165) is 30.8 Å². The highest BCUT2D eigenvalue weighted by Gasteiger charge is 2.02. The summed E-state index contributed by atoms with van der Waals surface area (Å²) in [5.41, 5.74) is 2.18. The number of aromatic hydroxyl groups is 1. The first-order chi connectivity index (χ1) is 7.78. The van der Waals surface area contributed by atoms with Crippen LogP contribution in [0.25, 0.3) is 0 Å². The van der Waals surface area contributed by atoms with Gasteiger partial charge in [-0.3, -0.25) is 0 Å². The molecule has 0 unspecified atom stereocenters. The molecular formula is C13H15NO2. The Bertz CT molecular complexity index is 445.